The molecule has 366 valence electrons. The Morgan fingerprint density at radius 3 is 0.851 bits per heavy atom. The van der Waals surface area contributed by atoms with Crippen LogP contribution in [0.25, 0.3) is 90.9 Å². The number of aryl methyl sites for hydroxylation is 6. The molecule has 3 aromatic heterocycles. The Morgan fingerprint density at radius 1 is 0.311 bits per heavy atom. The van der Waals surface area contributed by atoms with Crippen LogP contribution < -0.4 is 0 Å². The summed E-state index contributed by atoms with van der Waals surface area (Å²) >= 11 is 0. The van der Waals surface area contributed by atoms with Gasteiger partial charge in [-0.3, -0.25) is 0 Å². The Kier molecular flexibility index (Phi) is 8.72. The van der Waals surface area contributed by atoms with E-state index in [9.17, 15) is 0 Å². The number of hydrogen-bond acceptors (Lipinski definition) is 2. The van der Waals surface area contributed by atoms with Crippen molar-refractivity contribution in [1.29, 1.82) is 0 Å². The fraction of sp³-hybridized carbons (Fsp3) is 0.371. The van der Waals surface area contributed by atoms with Crippen molar-refractivity contribution in [2.45, 2.75) is 166 Å². The molecule has 8 atom stereocenters. The maximum atomic E-state index is 6.01. The molecule has 0 amide bonds. The third-order valence-corrected chi connectivity index (χ3v) is 21.2. The molecule has 4 aromatic carbocycles. The van der Waals surface area contributed by atoms with Crippen molar-refractivity contribution in [3.05, 3.63) is 161 Å². The van der Waals surface area contributed by atoms with Gasteiger partial charge in [-0.05, 0) is 304 Å². The van der Waals surface area contributed by atoms with Crippen LogP contribution in [0.1, 0.15) is 225 Å². The summed E-state index contributed by atoms with van der Waals surface area (Å²) in [5.74, 6) is 5.15. The molecule has 17 rings (SSSR count). The van der Waals surface area contributed by atoms with Gasteiger partial charge in [0.05, 0.1) is 22.8 Å². The molecule has 74 heavy (non-hydrogen) atoms. The molecule has 4 fully saturated rings. The summed E-state index contributed by atoms with van der Waals surface area (Å²) < 4.78 is 0. The zero-order chi connectivity index (χ0) is 49.2. The lowest BCUT2D eigenvalue weighted by atomic mass is 9.77. The molecule has 0 spiro atoms. The highest BCUT2D eigenvalue weighted by Crippen LogP contribution is 2.66. The molecule has 16 bridgehead atoms. The fourth-order valence-corrected chi connectivity index (χ4v) is 18.7. The molecule has 2 N–H and O–H groups in total. The minimum atomic E-state index is 0.610. The van der Waals surface area contributed by atoms with Crippen molar-refractivity contribution in [3.63, 3.8) is 0 Å². The van der Waals surface area contributed by atoms with E-state index < -0.39 is 0 Å². The lowest BCUT2D eigenvalue weighted by Crippen LogP contribution is -2.09. The zero-order valence-corrected chi connectivity index (χ0v) is 44.1. The summed E-state index contributed by atoms with van der Waals surface area (Å²) in [6.07, 6.45) is 25.2. The van der Waals surface area contributed by atoms with Crippen LogP contribution in [-0.4, -0.2) is 19.9 Å². The molecule has 7 aromatic rings. The summed E-state index contributed by atoms with van der Waals surface area (Å²) in [6, 6.07) is 24.6. The maximum Gasteiger partial charge on any atom is 0.0737 e. The number of hydrogen-bond donors (Lipinski definition) is 2. The van der Waals surface area contributed by atoms with E-state index in [1.165, 1.54) is 166 Å². The first-order valence-corrected chi connectivity index (χ1v) is 28.8. The molecular formula is C70H66N4. The number of aromatic nitrogens is 4. The summed E-state index contributed by atoms with van der Waals surface area (Å²) in [5, 5.41) is 0. The minimum Gasteiger partial charge on any atom is -0.354 e. The van der Waals surface area contributed by atoms with Crippen LogP contribution in [0.4, 0.5) is 0 Å². The summed E-state index contributed by atoms with van der Waals surface area (Å²) in [6.45, 7) is 13.7. The van der Waals surface area contributed by atoms with Crippen LogP contribution in [0.2, 0.25) is 0 Å². The first kappa shape index (κ1) is 42.8. The molecule has 0 saturated heterocycles. The van der Waals surface area contributed by atoms with Gasteiger partial charge in [-0.2, -0.15) is 0 Å². The van der Waals surface area contributed by atoms with Crippen molar-refractivity contribution in [1.82, 2.24) is 19.9 Å². The van der Waals surface area contributed by atoms with E-state index in [0.29, 0.717) is 47.3 Å². The van der Waals surface area contributed by atoms with E-state index in [0.717, 1.165) is 33.8 Å². The number of aromatic amines is 2. The van der Waals surface area contributed by atoms with E-state index in [1.54, 1.807) is 44.5 Å². The first-order valence-electron chi connectivity index (χ1n) is 28.8. The molecular weight excluding hydrogens is 897 g/mol. The van der Waals surface area contributed by atoms with Gasteiger partial charge in [0.2, 0.25) is 0 Å². The maximum absolute atomic E-state index is 6.01. The van der Waals surface area contributed by atoms with Gasteiger partial charge in [-0.1, -0.05) is 47.5 Å². The average Bonchev–Trinajstić information content (AvgIpc) is 4.23. The number of fused-ring (bicyclic) bond motifs is 28. The standard InChI is InChI=1S/C70H66N4/c1-33-23-35(3)59(36(4)24-33)65-51-15-19-55(71-51)67(69-61-43-11-7-39(27-43)47(61)31-48-40-8-12-44(28-40)62(48)69)57-21-17-53(73-57)66(60-37(5)25-34(2)26-38(60)6)54-18-22-58(74-54)68(56-20-16-52(65)72-56)70-63-45-13-9-41(29-45)49(63)32-50-42-10-14-46(30-42)64(50)70/h15-26,31-32,39-46,71,74H,7-14,27-30H2,1-6H3/t39-,40-,41-,42-,43+,44+,45+,46+/m0/s1. The van der Waals surface area contributed by atoms with Crippen LogP contribution in [-0.2, 0) is 0 Å². The summed E-state index contributed by atoms with van der Waals surface area (Å²) in [5.41, 5.74) is 40.4. The zero-order valence-electron chi connectivity index (χ0n) is 44.1. The second-order valence-corrected chi connectivity index (χ2v) is 25.4. The Morgan fingerprint density at radius 2 is 0.568 bits per heavy atom. The molecule has 0 radical (unpaired) electrons. The topological polar surface area (TPSA) is 57.4 Å². The molecule has 4 saturated carbocycles. The quantitative estimate of drug-likeness (QED) is 0.185. The van der Waals surface area contributed by atoms with E-state index in [-0.39, 0.29) is 0 Å². The van der Waals surface area contributed by atoms with Crippen molar-refractivity contribution in [3.8, 4) is 44.5 Å². The third-order valence-electron chi connectivity index (χ3n) is 21.2. The van der Waals surface area contributed by atoms with Crippen molar-refractivity contribution in [2.24, 2.45) is 0 Å². The fourth-order valence-electron chi connectivity index (χ4n) is 18.7. The van der Waals surface area contributed by atoms with Crippen LogP contribution in [0.5, 0.6) is 0 Å². The lowest BCUT2D eigenvalue weighted by molar-refractivity contribution is 0.692. The molecule has 4 nitrogen and oxygen atoms in total. The van der Waals surface area contributed by atoms with Crippen LogP contribution in [0.15, 0.2) is 60.7 Å². The Balaban J connectivity index is 1.06. The van der Waals surface area contributed by atoms with Crippen LogP contribution in [0, 0.1) is 41.5 Å². The van der Waals surface area contributed by atoms with Crippen molar-refractivity contribution < 1.29 is 0 Å². The largest absolute Gasteiger partial charge is 0.354 e. The van der Waals surface area contributed by atoms with Crippen molar-refractivity contribution in [2.75, 3.05) is 0 Å². The number of rotatable bonds is 4. The lowest BCUT2D eigenvalue weighted by Gasteiger charge is -2.28. The SMILES string of the molecule is Cc1cc(C)c(-c2c3nc(c(-c4c5c(cc6c4[C@@H]4CC[C@H]6C4)[C@H]4CC[C@@H]5C4)c4ccc([nH]4)c(-c4c(C)cc(C)cc4C)c4nc(c(-c5c6c(cc7c5[C@@H]5CC[C@H]7C5)[C@H]5CC[C@@H]6C5)c5ccc2[nH]5)C=C4)C=C3)c(C)c1. The number of H-pyrrole nitrogens is 2. The molecule has 0 unspecified atom stereocenters. The molecule has 4 heteroatoms. The predicted molar refractivity (Wildman–Crippen MR) is 306 cm³/mol. The first-order chi connectivity index (χ1) is 36.1. The number of nitrogens with zero attached hydrogens (tertiary/aromatic N) is 2. The molecule has 5 heterocycles. The third kappa shape index (κ3) is 5.76. The van der Waals surface area contributed by atoms with E-state index in [1.807, 2.05) is 0 Å². The molecule has 10 aliphatic rings. The van der Waals surface area contributed by atoms with Crippen molar-refractivity contribution >= 4 is 46.4 Å². The Bertz CT molecular complexity index is 3600. The van der Waals surface area contributed by atoms with Gasteiger partial charge in [0, 0.05) is 44.3 Å². The smallest absolute Gasteiger partial charge is 0.0737 e. The highest BCUT2D eigenvalue weighted by molar-refractivity contribution is 6.03. The highest BCUT2D eigenvalue weighted by atomic mass is 14.8. The van der Waals surface area contributed by atoms with Gasteiger partial charge in [0.25, 0.3) is 0 Å². The van der Waals surface area contributed by atoms with Gasteiger partial charge in [-0.25, -0.2) is 9.97 Å². The minimum absolute atomic E-state index is 0.610. The Hall–Kier alpha value is -6.52. The number of benzene rings is 4. The van der Waals surface area contributed by atoms with Gasteiger partial charge >= 0.3 is 0 Å². The van der Waals surface area contributed by atoms with Gasteiger partial charge in [0.15, 0.2) is 0 Å². The average molecular weight is 963 g/mol. The second kappa shape index (κ2) is 15.1. The molecule has 8 aliphatic carbocycles. The van der Waals surface area contributed by atoms with Gasteiger partial charge in [-0.15, -0.1) is 0 Å². The van der Waals surface area contributed by atoms with Gasteiger partial charge in [0.1, 0.15) is 0 Å². The van der Waals surface area contributed by atoms with E-state index in [2.05, 4.69) is 136 Å². The summed E-state index contributed by atoms with van der Waals surface area (Å²) in [4.78, 5) is 20.6. The summed E-state index contributed by atoms with van der Waals surface area (Å²) in [7, 11) is 0. The monoisotopic (exact) mass is 963 g/mol. The molecule has 2 aliphatic heterocycles. The normalized spacial score (nSPS) is 25.5. The highest BCUT2D eigenvalue weighted by Gasteiger charge is 2.48. The van der Waals surface area contributed by atoms with Crippen LogP contribution in [0.3, 0.4) is 0 Å². The second-order valence-electron chi connectivity index (χ2n) is 25.4. The predicted octanol–water partition coefficient (Wildman–Crippen LogP) is 18.6. The van der Waals surface area contributed by atoms with Crippen LogP contribution >= 0.6 is 0 Å². The van der Waals surface area contributed by atoms with E-state index >= 15 is 0 Å². The van der Waals surface area contributed by atoms with E-state index in [4.69, 9.17) is 9.97 Å². The Labute approximate surface area is 435 Å². The van der Waals surface area contributed by atoms with Gasteiger partial charge < -0.3 is 9.97 Å². The number of nitrogens with one attached hydrogen (secondary N) is 2.